The zero-order valence-corrected chi connectivity index (χ0v) is 11.4. The van der Waals surface area contributed by atoms with E-state index in [1.165, 1.54) is 17.0 Å². The van der Waals surface area contributed by atoms with Crippen LogP contribution >= 0.6 is 0 Å². The number of aryl methyl sites for hydroxylation is 2. The third-order valence-corrected chi connectivity index (χ3v) is 3.32. The zero-order valence-electron chi connectivity index (χ0n) is 11.4. The topological polar surface area (TPSA) is 52.2 Å². The van der Waals surface area contributed by atoms with Gasteiger partial charge in [-0.15, -0.1) is 10.2 Å². The second-order valence-electron chi connectivity index (χ2n) is 4.82. The van der Waals surface area contributed by atoms with Crippen LogP contribution in [-0.2, 0) is 0 Å². The van der Waals surface area contributed by atoms with Crippen molar-refractivity contribution >= 4 is 5.65 Å². The maximum Gasteiger partial charge on any atom is 0.300 e. The molecule has 108 valence electrons. The maximum atomic E-state index is 12.8. The summed E-state index contributed by atoms with van der Waals surface area (Å²) in [6.07, 6.45) is 0.0442. The Labute approximate surface area is 118 Å². The van der Waals surface area contributed by atoms with Gasteiger partial charge in [-0.25, -0.2) is 8.78 Å². The molecule has 0 aliphatic rings. The highest BCUT2D eigenvalue weighted by Gasteiger charge is 2.18. The Morgan fingerprint density at radius 3 is 2.62 bits per heavy atom. The minimum Gasteiger partial charge on any atom is -0.279 e. The van der Waals surface area contributed by atoms with Gasteiger partial charge in [-0.05, 0) is 31.0 Å². The number of halogens is 2. The highest BCUT2D eigenvalue weighted by Crippen LogP contribution is 2.18. The molecular weight excluding hydrogens is 278 g/mol. The smallest absolute Gasteiger partial charge is 0.279 e. The second-order valence-corrected chi connectivity index (χ2v) is 4.82. The number of rotatable bonds is 2. The molecule has 3 aromatic rings. The largest absolute Gasteiger partial charge is 0.300 e. The number of hydrogen-bond donors (Lipinski definition) is 0. The van der Waals surface area contributed by atoms with Gasteiger partial charge < -0.3 is 0 Å². The quantitative estimate of drug-likeness (QED) is 0.728. The van der Waals surface area contributed by atoms with E-state index in [-0.39, 0.29) is 5.65 Å². The summed E-state index contributed by atoms with van der Waals surface area (Å²) >= 11 is 0. The van der Waals surface area contributed by atoms with Crippen LogP contribution in [0.25, 0.3) is 11.3 Å². The van der Waals surface area contributed by atoms with Crippen LogP contribution in [0.1, 0.15) is 23.4 Å². The van der Waals surface area contributed by atoms with E-state index in [1.54, 1.807) is 0 Å². The fourth-order valence-corrected chi connectivity index (χ4v) is 2.22. The van der Waals surface area contributed by atoms with Crippen LogP contribution < -0.4 is 5.56 Å². The molecule has 0 N–H and O–H groups in total. The predicted molar refractivity (Wildman–Crippen MR) is 73.0 cm³/mol. The van der Waals surface area contributed by atoms with Crippen LogP contribution in [0.2, 0.25) is 0 Å². The molecule has 0 aliphatic heterocycles. The Bertz CT molecular complexity index is 882. The Kier molecular flexibility index (Phi) is 3.04. The van der Waals surface area contributed by atoms with E-state index >= 15 is 0 Å². The monoisotopic (exact) mass is 290 g/mol. The molecule has 5 nitrogen and oxygen atoms in total. The second kappa shape index (κ2) is 4.76. The molecule has 7 heteroatoms. The third-order valence-electron chi connectivity index (χ3n) is 3.32. The first kappa shape index (κ1) is 13.4. The van der Waals surface area contributed by atoms with Crippen LogP contribution in [0, 0.1) is 13.8 Å². The fraction of sp³-hybridized carbons (Fsp3) is 0.214. The van der Waals surface area contributed by atoms with Gasteiger partial charge >= 0.3 is 5.56 Å². The highest BCUT2D eigenvalue weighted by atomic mass is 19.3. The molecule has 0 fully saturated rings. The Morgan fingerprint density at radius 2 is 1.90 bits per heavy atom. The molecule has 0 radical (unpaired) electrons. The van der Waals surface area contributed by atoms with E-state index in [0.29, 0.717) is 5.69 Å². The Balaban J connectivity index is 2.28. The molecule has 1 aromatic carbocycles. The van der Waals surface area contributed by atoms with Crippen LogP contribution in [0.3, 0.4) is 0 Å². The van der Waals surface area contributed by atoms with Crippen molar-refractivity contribution in [2.75, 3.05) is 0 Å². The number of nitrogens with zero attached hydrogens (tertiary/aromatic N) is 4. The van der Waals surface area contributed by atoms with E-state index in [0.717, 1.165) is 15.5 Å². The lowest BCUT2D eigenvalue weighted by Gasteiger charge is -2.10. The van der Waals surface area contributed by atoms with Crippen LogP contribution in [0.15, 0.2) is 35.4 Å². The first-order chi connectivity index (χ1) is 9.99. The molecule has 0 amide bonds. The van der Waals surface area contributed by atoms with Crippen molar-refractivity contribution in [1.82, 2.24) is 19.2 Å². The number of aromatic nitrogens is 4. The summed E-state index contributed by atoms with van der Waals surface area (Å²) in [5, 5.41) is 6.96. The van der Waals surface area contributed by atoms with Gasteiger partial charge in [0.2, 0.25) is 11.5 Å². The van der Waals surface area contributed by atoms with E-state index in [4.69, 9.17) is 0 Å². The molecule has 0 aliphatic carbocycles. The van der Waals surface area contributed by atoms with Crippen molar-refractivity contribution in [3.63, 3.8) is 0 Å². The fourth-order valence-electron chi connectivity index (χ4n) is 2.22. The number of hydrogen-bond acceptors (Lipinski definition) is 3. The third kappa shape index (κ3) is 2.10. The lowest BCUT2D eigenvalue weighted by molar-refractivity contribution is 0.139. The Hall–Kier alpha value is -2.57. The van der Waals surface area contributed by atoms with Crippen LogP contribution in [0.5, 0.6) is 0 Å². The van der Waals surface area contributed by atoms with Crippen molar-refractivity contribution in [2.24, 2.45) is 0 Å². The van der Waals surface area contributed by atoms with Gasteiger partial charge in [0.1, 0.15) is 0 Å². The van der Waals surface area contributed by atoms with Crippen molar-refractivity contribution < 1.29 is 8.78 Å². The number of alkyl halides is 2. The molecule has 0 unspecified atom stereocenters. The lowest BCUT2D eigenvalue weighted by Crippen LogP contribution is -2.21. The summed E-state index contributed by atoms with van der Waals surface area (Å²) in [5.41, 5.74) is 2.00. The average molecular weight is 290 g/mol. The summed E-state index contributed by atoms with van der Waals surface area (Å²) in [5.74, 6) is -0.532. The van der Waals surface area contributed by atoms with Gasteiger partial charge in [0.25, 0.3) is 6.43 Å². The Morgan fingerprint density at radius 1 is 1.14 bits per heavy atom. The maximum absolute atomic E-state index is 12.8. The summed E-state index contributed by atoms with van der Waals surface area (Å²) in [6, 6.07) is 5.70. The van der Waals surface area contributed by atoms with Gasteiger partial charge in [-0.2, -0.15) is 0 Å². The molecule has 2 heterocycles. The lowest BCUT2D eigenvalue weighted by atomic mass is 10.1. The van der Waals surface area contributed by atoms with Gasteiger partial charge in [-0.3, -0.25) is 13.8 Å². The van der Waals surface area contributed by atoms with Crippen LogP contribution in [-0.4, -0.2) is 19.2 Å². The molecule has 3 rings (SSSR count). The summed E-state index contributed by atoms with van der Waals surface area (Å²) in [7, 11) is 0. The van der Waals surface area contributed by atoms with Gasteiger partial charge in [0, 0.05) is 12.4 Å². The molecule has 2 aromatic heterocycles. The van der Waals surface area contributed by atoms with Crippen molar-refractivity contribution in [1.29, 1.82) is 0 Å². The summed E-state index contributed by atoms with van der Waals surface area (Å²) in [4.78, 5) is 12.4. The van der Waals surface area contributed by atoms with Gasteiger partial charge in [0.15, 0.2) is 0 Å². The van der Waals surface area contributed by atoms with E-state index in [9.17, 15) is 13.6 Å². The average Bonchev–Trinajstić information content (AvgIpc) is 2.87. The van der Waals surface area contributed by atoms with Crippen LogP contribution in [0.4, 0.5) is 8.78 Å². The van der Waals surface area contributed by atoms with E-state index < -0.39 is 17.8 Å². The zero-order chi connectivity index (χ0) is 15.1. The first-order valence-electron chi connectivity index (χ1n) is 6.31. The minimum absolute atomic E-state index is 0.117. The van der Waals surface area contributed by atoms with E-state index in [2.05, 4.69) is 10.2 Å². The summed E-state index contributed by atoms with van der Waals surface area (Å²) < 4.78 is 28.0. The minimum atomic E-state index is -2.78. The summed E-state index contributed by atoms with van der Waals surface area (Å²) in [6.45, 7) is 3.79. The highest BCUT2D eigenvalue weighted by molar-refractivity contribution is 5.46. The predicted octanol–water partition coefficient (Wildman–Crippen LogP) is 2.43. The van der Waals surface area contributed by atoms with Crippen molar-refractivity contribution in [3.05, 3.63) is 57.9 Å². The van der Waals surface area contributed by atoms with Crippen molar-refractivity contribution in [3.8, 4) is 5.69 Å². The number of fused-ring (bicyclic) bond motifs is 1. The first-order valence-corrected chi connectivity index (χ1v) is 6.31. The van der Waals surface area contributed by atoms with E-state index in [1.807, 2.05) is 32.0 Å². The molecule has 0 spiro atoms. The molecule has 0 saturated heterocycles. The SMILES string of the molecule is Cc1ccc(C)c(-n2ccn3c(C(F)F)nnc3c2=O)c1. The molecule has 0 saturated carbocycles. The molecule has 21 heavy (non-hydrogen) atoms. The molecule has 0 atom stereocenters. The molecular formula is C14H12F2N4O. The normalized spacial score (nSPS) is 11.5. The van der Waals surface area contributed by atoms with Gasteiger partial charge in [0.05, 0.1) is 5.69 Å². The standard InChI is InChI=1S/C14H12F2N4O/c1-8-3-4-9(2)10(7-8)19-5-6-20-12(11(15)16)17-18-13(20)14(19)21/h3-7,11H,1-2H3. The number of benzene rings is 1. The molecule has 0 bridgehead atoms. The van der Waals surface area contributed by atoms with Gasteiger partial charge in [-0.1, -0.05) is 12.1 Å². The van der Waals surface area contributed by atoms with Crippen molar-refractivity contribution in [2.45, 2.75) is 20.3 Å².